The first-order valence-corrected chi connectivity index (χ1v) is 7.92. The molecule has 1 aromatic rings. The molecule has 1 saturated heterocycles. The summed E-state index contributed by atoms with van der Waals surface area (Å²) in [5.41, 5.74) is 5.56. The molecule has 0 aromatic heterocycles. The van der Waals surface area contributed by atoms with Gasteiger partial charge in [0.25, 0.3) is 0 Å². The Hall–Kier alpha value is -2.45. The van der Waals surface area contributed by atoms with Crippen molar-refractivity contribution < 1.29 is 27.5 Å². The van der Waals surface area contributed by atoms with Gasteiger partial charge in [0.2, 0.25) is 5.91 Å². The number of aryl methyl sites for hydroxylation is 1. The number of ether oxygens (including phenoxy) is 1. The molecule has 1 aliphatic heterocycles. The zero-order chi connectivity index (χ0) is 18.4. The van der Waals surface area contributed by atoms with Gasteiger partial charge >= 0.3 is 12.4 Å². The van der Waals surface area contributed by atoms with E-state index in [0.717, 1.165) is 0 Å². The number of primary amides is 1. The number of hydrogen-bond acceptors (Lipinski definition) is 3. The number of para-hydroxylation sites is 1. The van der Waals surface area contributed by atoms with Crippen molar-refractivity contribution >= 4 is 11.9 Å². The molecule has 0 unspecified atom stereocenters. The highest BCUT2D eigenvalue weighted by atomic mass is 19.4. The largest absolute Gasteiger partial charge is 0.573 e. The summed E-state index contributed by atoms with van der Waals surface area (Å²) >= 11 is 0. The topological polar surface area (TPSA) is 75.9 Å². The molecule has 138 valence electrons. The summed E-state index contributed by atoms with van der Waals surface area (Å²) in [5.74, 6) is -0.466. The fraction of sp³-hybridized carbons (Fsp3) is 0.500. The number of benzene rings is 1. The number of rotatable bonds is 4. The maximum atomic E-state index is 12.4. The minimum Gasteiger partial charge on any atom is -0.406 e. The summed E-state index contributed by atoms with van der Waals surface area (Å²) in [6, 6.07) is 5.25. The smallest absolute Gasteiger partial charge is 0.406 e. The van der Waals surface area contributed by atoms with Crippen molar-refractivity contribution in [2.24, 2.45) is 5.73 Å². The molecule has 3 amide bonds. The number of carbonyl (C=O) groups is 2. The summed E-state index contributed by atoms with van der Waals surface area (Å²) in [6.45, 7) is 1.70. The summed E-state index contributed by atoms with van der Waals surface area (Å²) in [4.78, 5) is 26.6. The van der Waals surface area contributed by atoms with Gasteiger partial charge in [0.1, 0.15) is 5.75 Å². The van der Waals surface area contributed by atoms with Crippen molar-refractivity contribution in [3.8, 4) is 5.75 Å². The highest BCUT2D eigenvalue weighted by molar-refractivity contribution is 5.77. The lowest BCUT2D eigenvalue weighted by Crippen LogP contribution is -2.39. The van der Waals surface area contributed by atoms with Crippen molar-refractivity contribution in [2.45, 2.75) is 25.6 Å². The molecule has 0 spiro atoms. The molecule has 6 nitrogen and oxygen atoms in total. The Labute approximate surface area is 143 Å². The molecule has 1 heterocycles. The van der Waals surface area contributed by atoms with Crippen LogP contribution < -0.4 is 10.5 Å². The SMILES string of the molecule is NC(=O)N1CCCN(C(=O)CCc2ccccc2OC(F)(F)F)CC1. The molecule has 2 N–H and O–H groups in total. The van der Waals surface area contributed by atoms with Crippen LogP contribution in [0.5, 0.6) is 5.75 Å². The Morgan fingerprint density at radius 3 is 2.40 bits per heavy atom. The quantitative estimate of drug-likeness (QED) is 0.895. The predicted molar refractivity (Wildman–Crippen MR) is 83.8 cm³/mol. The van der Waals surface area contributed by atoms with Crippen molar-refractivity contribution in [3.05, 3.63) is 29.8 Å². The third kappa shape index (κ3) is 5.84. The monoisotopic (exact) mass is 359 g/mol. The molecule has 0 radical (unpaired) electrons. The number of hydrogen-bond donors (Lipinski definition) is 1. The number of alkyl halides is 3. The average Bonchev–Trinajstić information content (AvgIpc) is 2.78. The Bertz CT molecular complexity index is 622. The molecular weight excluding hydrogens is 339 g/mol. The van der Waals surface area contributed by atoms with Gasteiger partial charge < -0.3 is 20.3 Å². The second kappa shape index (κ2) is 8.09. The summed E-state index contributed by atoms with van der Waals surface area (Å²) in [5, 5.41) is 0. The zero-order valence-electron chi connectivity index (χ0n) is 13.6. The Morgan fingerprint density at radius 2 is 1.72 bits per heavy atom. The number of nitrogens with zero attached hydrogens (tertiary/aromatic N) is 2. The maximum absolute atomic E-state index is 12.4. The van der Waals surface area contributed by atoms with Crippen LogP contribution in [0.4, 0.5) is 18.0 Å². The number of nitrogens with two attached hydrogens (primary N) is 1. The van der Waals surface area contributed by atoms with E-state index in [2.05, 4.69) is 4.74 Å². The Morgan fingerprint density at radius 1 is 1.08 bits per heavy atom. The van der Waals surface area contributed by atoms with E-state index in [9.17, 15) is 22.8 Å². The van der Waals surface area contributed by atoms with Crippen molar-refractivity contribution in [2.75, 3.05) is 26.2 Å². The first-order chi connectivity index (χ1) is 11.8. The second-order valence-corrected chi connectivity index (χ2v) is 5.72. The van der Waals surface area contributed by atoms with Crippen LogP contribution in [0.15, 0.2) is 24.3 Å². The standard InChI is InChI=1S/C16H20F3N3O3/c17-16(18,19)25-13-5-2-1-4-12(13)6-7-14(23)21-8-3-9-22(11-10-21)15(20)24/h1-2,4-5H,3,6-11H2,(H2,20,24). The predicted octanol–water partition coefficient (Wildman–Crippen LogP) is 2.13. The van der Waals surface area contributed by atoms with E-state index < -0.39 is 12.4 Å². The van der Waals surface area contributed by atoms with Gasteiger partial charge in [0.05, 0.1) is 0 Å². The number of halogens is 3. The van der Waals surface area contributed by atoms with Crippen LogP contribution in [0.3, 0.4) is 0 Å². The highest BCUT2D eigenvalue weighted by Gasteiger charge is 2.32. The van der Waals surface area contributed by atoms with Gasteiger partial charge in [-0.1, -0.05) is 18.2 Å². The summed E-state index contributed by atoms with van der Waals surface area (Å²) in [6.07, 6.45) is -3.96. The summed E-state index contributed by atoms with van der Waals surface area (Å²) in [7, 11) is 0. The van der Waals surface area contributed by atoms with E-state index in [1.165, 1.54) is 23.1 Å². The van der Waals surface area contributed by atoms with Crippen molar-refractivity contribution in [3.63, 3.8) is 0 Å². The second-order valence-electron chi connectivity index (χ2n) is 5.72. The minimum absolute atomic E-state index is 0.0643. The molecule has 9 heteroatoms. The maximum Gasteiger partial charge on any atom is 0.573 e. The molecular formula is C16H20F3N3O3. The van der Waals surface area contributed by atoms with Gasteiger partial charge in [0, 0.05) is 32.6 Å². The van der Waals surface area contributed by atoms with Crippen LogP contribution in [-0.4, -0.2) is 54.3 Å². The van der Waals surface area contributed by atoms with Crippen LogP contribution in [0, 0.1) is 0 Å². The summed E-state index contributed by atoms with van der Waals surface area (Å²) < 4.78 is 41.2. The van der Waals surface area contributed by atoms with Gasteiger partial charge in [-0.3, -0.25) is 4.79 Å². The van der Waals surface area contributed by atoms with E-state index in [-0.39, 0.29) is 24.5 Å². The third-order valence-corrected chi connectivity index (χ3v) is 3.97. The molecule has 0 atom stereocenters. The number of amides is 3. The van der Waals surface area contributed by atoms with Gasteiger partial charge in [-0.05, 0) is 24.5 Å². The van der Waals surface area contributed by atoms with E-state index in [1.807, 2.05) is 0 Å². The van der Waals surface area contributed by atoms with Crippen molar-refractivity contribution in [1.29, 1.82) is 0 Å². The Kier molecular flexibility index (Phi) is 6.11. The molecule has 0 saturated carbocycles. The highest BCUT2D eigenvalue weighted by Crippen LogP contribution is 2.27. The lowest BCUT2D eigenvalue weighted by molar-refractivity contribution is -0.274. The van der Waals surface area contributed by atoms with Gasteiger partial charge in [-0.2, -0.15) is 0 Å². The van der Waals surface area contributed by atoms with Crippen LogP contribution in [-0.2, 0) is 11.2 Å². The fourth-order valence-electron chi connectivity index (χ4n) is 2.72. The van der Waals surface area contributed by atoms with Crippen LogP contribution in [0.1, 0.15) is 18.4 Å². The Balaban J connectivity index is 1.93. The zero-order valence-corrected chi connectivity index (χ0v) is 13.6. The molecule has 25 heavy (non-hydrogen) atoms. The third-order valence-electron chi connectivity index (χ3n) is 3.97. The first kappa shape index (κ1) is 18.9. The molecule has 1 aliphatic rings. The first-order valence-electron chi connectivity index (χ1n) is 7.92. The van der Waals surface area contributed by atoms with Crippen LogP contribution in [0.2, 0.25) is 0 Å². The van der Waals surface area contributed by atoms with Crippen molar-refractivity contribution in [1.82, 2.24) is 9.80 Å². The number of urea groups is 1. The normalized spacial score (nSPS) is 15.6. The molecule has 1 fully saturated rings. The lowest BCUT2D eigenvalue weighted by atomic mass is 10.1. The van der Waals surface area contributed by atoms with E-state index in [0.29, 0.717) is 38.2 Å². The van der Waals surface area contributed by atoms with E-state index in [1.54, 1.807) is 11.0 Å². The molecule has 1 aromatic carbocycles. The van der Waals surface area contributed by atoms with E-state index in [4.69, 9.17) is 5.73 Å². The van der Waals surface area contributed by atoms with Gasteiger partial charge in [-0.15, -0.1) is 13.2 Å². The van der Waals surface area contributed by atoms with Crippen LogP contribution >= 0.6 is 0 Å². The molecule has 0 bridgehead atoms. The lowest BCUT2D eigenvalue weighted by Gasteiger charge is -2.21. The van der Waals surface area contributed by atoms with Gasteiger partial charge in [-0.25, -0.2) is 4.79 Å². The van der Waals surface area contributed by atoms with E-state index >= 15 is 0 Å². The average molecular weight is 359 g/mol. The number of carbonyl (C=O) groups excluding carboxylic acids is 2. The van der Waals surface area contributed by atoms with Crippen LogP contribution in [0.25, 0.3) is 0 Å². The van der Waals surface area contributed by atoms with Gasteiger partial charge in [0.15, 0.2) is 0 Å². The minimum atomic E-state index is -4.77. The fourth-order valence-corrected chi connectivity index (χ4v) is 2.72. The molecule has 0 aliphatic carbocycles. The molecule has 2 rings (SSSR count).